The Bertz CT molecular complexity index is 1270. The highest BCUT2D eigenvalue weighted by molar-refractivity contribution is 6.10. The Hall–Kier alpha value is -1.87. The smallest absolute Gasteiger partial charge is 0.189 e. The first-order chi connectivity index (χ1) is 20.5. The molecule has 0 heterocycles. The second-order valence-electron chi connectivity index (χ2n) is 14.9. The molecular formula is C36H51NO6. The summed E-state index contributed by atoms with van der Waals surface area (Å²) in [6.07, 6.45) is 12.0. The van der Waals surface area contributed by atoms with Crippen LogP contribution in [0.25, 0.3) is 0 Å². The number of rotatable bonds is 11. The number of benzene rings is 1. The highest BCUT2D eigenvalue weighted by atomic mass is 16.5. The lowest BCUT2D eigenvalue weighted by Gasteiger charge is -2.71. The zero-order valence-electron chi connectivity index (χ0n) is 26.2. The fourth-order valence-electron chi connectivity index (χ4n) is 10.7. The number of aliphatic hydroxyl groups is 4. The van der Waals surface area contributed by atoms with Gasteiger partial charge in [-0.1, -0.05) is 62.4 Å². The summed E-state index contributed by atoms with van der Waals surface area (Å²) in [6.45, 7) is 6.26. The predicted octanol–water partition coefficient (Wildman–Crippen LogP) is 4.15. The number of hydrogen-bond donors (Lipinski definition) is 4. The summed E-state index contributed by atoms with van der Waals surface area (Å²) in [5, 5.41) is 43.5. The summed E-state index contributed by atoms with van der Waals surface area (Å²) in [6, 6.07) is 9.60. The molecule has 1 aromatic carbocycles. The van der Waals surface area contributed by atoms with Gasteiger partial charge in [-0.05, 0) is 68.6 Å². The van der Waals surface area contributed by atoms with Crippen molar-refractivity contribution in [2.45, 2.75) is 83.0 Å². The van der Waals surface area contributed by atoms with Crippen molar-refractivity contribution in [1.29, 1.82) is 0 Å². The molecule has 6 aliphatic rings. The molecule has 9 atom stereocenters. The maximum atomic E-state index is 14.5. The number of methoxy groups -OCH3 is 1. The number of fused-ring (bicyclic) bond motifs is 1. The number of carbonyl (C=O) groups excluding carboxylic acids is 1. The zero-order valence-corrected chi connectivity index (χ0v) is 26.2. The van der Waals surface area contributed by atoms with Crippen LogP contribution in [-0.4, -0.2) is 88.9 Å². The molecule has 0 aromatic heterocycles. The summed E-state index contributed by atoms with van der Waals surface area (Å²) < 4.78 is 5.28. The van der Waals surface area contributed by atoms with Gasteiger partial charge in [0.25, 0.3) is 0 Å². The van der Waals surface area contributed by atoms with Gasteiger partial charge in [-0.15, -0.1) is 0 Å². The van der Waals surface area contributed by atoms with Gasteiger partial charge in [0.1, 0.15) is 0 Å². The molecule has 1 unspecified atom stereocenters. The van der Waals surface area contributed by atoms with Crippen LogP contribution in [0.1, 0.15) is 75.6 Å². The van der Waals surface area contributed by atoms with Gasteiger partial charge in [-0.2, -0.15) is 0 Å². The summed E-state index contributed by atoms with van der Waals surface area (Å²) >= 11 is 0. The van der Waals surface area contributed by atoms with E-state index in [1.54, 1.807) is 7.11 Å². The molecule has 7 heteroatoms. The fraction of sp³-hybridized carbons (Fsp3) is 0.694. The first kappa shape index (κ1) is 31.1. The summed E-state index contributed by atoms with van der Waals surface area (Å²) in [7, 11) is 1.67. The quantitative estimate of drug-likeness (QED) is 0.173. The lowest BCUT2D eigenvalue weighted by molar-refractivity contribution is -0.177. The minimum atomic E-state index is -1.01. The summed E-state index contributed by atoms with van der Waals surface area (Å²) in [5.41, 5.74) is -0.807. The van der Waals surface area contributed by atoms with Crippen LogP contribution < -0.4 is 0 Å². The van der Waals surface area contributed by atoms with Crippen LogP contribution in [0.3, 0.4) is 0 Å². The number of hydrogen-bond acceptors (Lipinski definition) is 7. The van der Waals surface area contributed by atoms with E-state index < -0.39 is 22.5 Å². The number of aliphatic hydroxyl groups excluding tert-OH is 3. The van der Waals surface area contributed by atoms with Crippen molar-refractivity contribution in [1.82, 2.24) is 4.90 Å². The molecule has 7 rings (SSSR count). The van der Waals surface area contributed by atoms with E-state index in [9.17, 15) is 25.2 Å². The lowest BCUT2D eigenvalue weighted by Crippen LogP contribution is -2.67. The van der Waals surface area contributed by atoms with Crippen LogP contribution in [0, 0.1) is 33.5 Å². The van der Waals surface area contributed by atoms with Crippen molar-refractivity contribution in [3.8, 4) is 0 Å². The molecule has 236 valence electrons. The topological polar surface area (TPSA) is 110 Å². The van der Waals surface area contributed by atoms with Gasteiger partial charge in [0.15, 0.2) is 5.78 Å². The zero-order chi connectivity index (χ0) is 30.7. The third-order valence-corrected chi connectivity index (χ3v) is 13.0. The second kappa shape index (κ2) is 11.2. The molecule has 3 fully saturated rings. The maximum absolute atomic E-state index is 14.5. The molecular weight excluding hydrogens is 542 g/mol. The number of ketones is 1. The van der Waals surface area contributed by atoms with Gasteiger partial charge in [0, 0.05) is 60.7 Å². The lowest BCUT2D eigenvalue weighted by atomic mass is 9.32. The number of nitrogens with zero attached hydrogens (tertiary/aromatic N) is 1. The monoisotopic (exact) mass is 593 g/mol. The molecule has 7 nitrogen and oxygen atoms in total. The van der Waals surface area contributed by atoms with E-state index in [-0.39, 0.29) is 47.7 Å². The molecule has 3 saturated carbocycles. The van der Waals surface area contributed by atoms with Crippen LogP contribution in [0.15, 0.2) is 54.1 Å². The molecule has 2 bridgehead atoms. The standard InChI is InChI=1S/C36H51NO6/c1-32-13-10-26(39)20-34(32)16-17-36(28(21-34)31(41)25-8-5-4-6-9-25)29(32)11-14-33(2)30(36)12-15-35(33,42)24-37(18-7-19-43-3)22-27(40)23-38/h4-6,8-9,16-17,21,26-27,29-30,38-40,42H,7,10-15,18-20,22-24H2,1-3H3/t26?,27-,29+,30+,32+,33-,34-,35+,36+/m0/s1. The molecule has 4 N–H and O–H groups in total. The number of ether oxygens (including phenoxy) is 1. The predicted molar refractivity (Wildman–Crippen MR) is 165 cm³/mol. The Morgan fingerprint density at radius 1 is 1.05 bits per heavy atom. The third-order valence-electron chi connectivity index (χ3n) is 13.0. The highest BCUT2D eigenvalue weighted by Crippen LogP contribution is 2.78. The van der Waals surface area contributed by atoms with Crippen LogP contribution in [0.5, 0.6) is 0 Å². The Labute approximate surface area is 256 Å². The van der Waals surface area contributed by atoms with Crippen molar-refractivity contribution >= 4 is 5.78 Å². The summed E-state index contributed by atoms with van der Waals surface area (Å²) in [4.78, 5) is 16.6. The molecule has 0 aliphatic heterocycles. The Balaban J connectivity index is 1.42. The van der Waals surface area contributed by atoms with Crippen LogP contribution in [-0.2, 0) is 4.74 Å². The van der Waals surface area contributed by atoms with Crippen molar-refractivity contribution in [2.75, 3.05) is 40.0 Å². The van der Waals surface area contributed by atoms with E-state index in [4.69, 9.17) is 4.74 Å². The SMILES string of the molecule is COCCCN(C[C@H](O)CO)C[C@]1(O)CC[C@H]2[C@]34C=C[C@@]5(C=C3C(=O)c3ccccc3)CC(O)CC[C@]5(C)[C@H]4CC[C@@]21C. The van der Waals surface area contributed by atoms with Crippen molar-refractivity contribution in [3.63, 3.8) is 0 Å². The molecule has 2 spiro atoms. The largest absolute Gasteiger partial charge is 0.394 e. The van der Waals surface area contributed by atoms with E-state index in [2.05, 4.69) is 37.0 Å². The normalized spacial score (nSPS) is 41.9. The van der Waals surface area contributed by atoms with Crippen molar-refractivity contribution in [3.05, 3.63) is 59.7 Å². The van der Waals surface area contributed by atoms with Crippen molar-refractivity contribution in [2.24, 2.45) is 33.5 Å². The average Bonchev–Trinajstić information content (AvgIpc) is 3.27. The Morgan fingerprint density at radius 2 is 1.74 bits per heavy atom. The molecule has 0 amide bonds. The molecule has 0 radical (unpaired) electrons. The molecule has 43 heavy (non-hydrogen) atoms. The minimum Gasteiger partial charge on any atom is -0.394 e. The van der Waals surface area contributed by atoms with Crippen LogP contribution in [0.2, 0.25) is 0 Å². The Morgan fingerprint density at radius 3 is 2.47 bits per heavy atom. The van der Waals surface area contributed by atoms with Gasteiger partial charge >= 0.3 is 0 Å². The fourth-order valence-corrected chi connectivity index (χ4v) is 10.7. The van der Waals surface area contributed by atoms with E-state index in [0.29, 0.717) is 38.1 Å². The van der Waals surface area contributed by atoms with Gasteiger partial charge < -0.3 is 25.2 Å². The maximum Gasteiger partial charge on any atom is 0.189 e. The van der Waals surface area contributed by atoms with Crippen molar-refractivity contribution < 1.29 is 30.0 Å². The summed E-state index contributed by atoms with van der Waals surface area (Å²) in [5.74, 6) is 0.396. The van der Waals surface area contributed by atoms with Gasteiger partial charge in [-0.3, -0.25) is 9.69 Å². The molecule has 6 aliphatic carbocycles. The number of carbonyl (C=O) groups is 1. The highest BCUT2D eigenvalue weighted by Gasteiger charge is 2.74. The van der Waals surface area contributed by atoms with Gasteiger partial charge in [-0.25, -0.2) is 0 Å². The van der Waals surface area contributed by atoms with E-state index in [0.717, 1.165) is 44.1 Å². The van der Waals surface area contributed by atoms with E-state index in [1.165, 1.54) is 0 Å². The van der Waals surface area contributed by atoms with E-state index in [1.807, 2.05) is 30.3 Å². The minimum absolute atomic E-state index is 0.0685. The number of allylic oxidation sites excluding steroid dienone is 4. The second-order valence-corrected chi connectivity index (χ2v) is 14.9. The van der Waals surface area contributed by atoms with E-state index >= 15 is 0 Å². The Kier molecular flexibility index (Phi) is 8.09. The first-order valence-corrected chi connectivity index (χ1v) is 16.4. The molecule has 0 saturated heterocycles. The molecule has 1 aromatic rings. The van der Waals surface area contributed by atoms with Gasteiger partial charge in [0.05, 0.1) is 24.4 Å². The third kappa shape index (κ3) is 4.56. The van der Waals surface area contributed by atoms with Crippen LogP contribution >= 0.6 is 0 Å². The van der Waals surface area contributed by atoms with Crippen LogP contribution in [0.4, 0.5) is 0 Å². The van der Waals surface area contributed by atoms with Gasteiger partial charge in [0.2, 0.25) is 0 Å². The first-order valence-electron chi connectivity index (χ1n) is 16.4. The average molecular weight is 594 g/mol. The number of Topliss-reactive ketones (excluding diaryl/α,β-unsaturated/α-hetero) is 1.